The number of nitrogens with two attached hydrogens (primary N) is 1. The van der Waals surface area contributed by atoms with Gasteiger partial charge in [0.2, 0.25) is 5.91 Å². The molecule has 72 valence electrons. The number of hydrogen-bond donors (Lipinski definition) is 2. The highest BCUT2D eigenvalue weighted by atomic mass is 16.1. The molecule has 14 heavy (non-hydrogen) atoms. The van der Waals surface area contributed by atoms with E-state index in [0.717, 1.165) is 23.4 Å². The summed E-state index contributed by atoms with van der Waals surface area (Å²) >= 11 is 0. The molecule has 1 amide bonds. The van der Waals surface area contributed by atoms with Crippen molar-refractivity contribution in [2.45, 2.75) is 6.42 Å². The summed E-state index contributed by atoms with van der Waals surface area (Å²) in [5.41, 5.74) is 8.32. The summed E-state index contributed by atoms with van der Waals surface area (Å²) in [4.78, 5) is 10.7. The van der Waals surface area contributed by atoms with Crippen molar-refractivity contribution in [3.63, 3.8) is 0 Å². The van der Waals surface area contributed by atoms with Gasteiger partial charge in [-0.15, -0.1) is 0 Å². The topological polar surface area (TPSA) is 55.1 Å². The van der Waals surface area contributed by atoms with Gasteiger partial charge < -0.3 is 11.1 Å². The highest BCUT2D eigenvalue weighted by Crippen LogP contribution is 2.22. The van der Waals surface area contributed by atoms with E-state index in [-0.39, 0.29) is 5.91 Å². The molecule has 0 spiro atoms. The fraction of sp³-hybridized carbons (Fsp3) is 0.182. The highest BCUT2D eigenvalue weighted by molar-refractivity contribution is 5.78. The summed E-state index contributed by atoms with van der Waals surface area (Å²) in [6, 6.07) is 5.90. The molecule has 1 heterocycles. The van der Waals surface area contributed by atoms with Crippen molar-refractivity contribution in [2.75, 3.05) is 11.9 Å². The van der Waals surface area contributed by atoms with E-state index in [1.54, 1.807) is 0 Å². The fourth-order valence-corrected chi connectivity index (χ4v) is 1.57. The van der Waals surface area contributed by atoms with Crippen molar-refractivity contribution in [1.82, 2.24) is 0 Å². The minimum absolute atomic E-state index is 0.295. The SMILES string of the molecule is NC(=O)Cc1ccc2c(c1)NCC=C2. The van der Waals surface area contributed by atoms with Gasteiger partial charge in [-0.3, -0.25) is 4.79 Å². The van der Waals surface area contributed by atoms with Crippen molar-refractivity contribution in [3.8, 4) is 0 Å². The lowest BCUT2D eigenvalue weighted by Gasteiger charge is -2.13. The average molecular weight is 188 g/mol. The summed E-state index contributed by atoms with van der Waals surface area (Å²) in [6.45, 7) is 0.840. The lowest BCUT2D eigenvalue weighted by Crippen LogP contribution is -2.14. The predicted octanol–water partition coefficient (Wildman–Crippen LogP) is 1.15. The second kappa shape index (κ2) is 3.54. The quantitative estimate of drug-likeness (QED) is 0.731. The lowest BCUT2D eigenvalue weighted by atomic mass is 10.0. The largest absolute Gasteiger partial charge is 0.381 e. The maximum Gasteiger partial charge on any atom is 0.221 e. The second-order valence-corrected chi connectivity index (χ2v) is 3.35. The third-order valence-electron chi connectivity index (χ3n) is 2.20. The normalized spacial score (nSPS) is 13.1. The first-order chi connectivity index (χ1) is 6.75. The zero-order chi connectivity index (χ0) is 9.97. The van der Waals surface area contributed by atoms with Crippen molar-refractivity contribution in [3.05, 3.63) is 35.4 Å². The first-order valence-corrected chi connectivity index (χ1v) is 4.57. The van der Waals surface area contributed by atoms with Gasteiger partial charge in [0.25, 0.3) is 0 Å². The number of anilines is 1. The molecule has 0 unspecified atom stereocenters. The number of carbonyl (C=O) groups is 1. The van der Waals surface area contributed by atoms with Gasteiger partial charge in [0.05, 0.1) is 6.42 Å². The Morgan fingerprint density at radius 3 is 3.14 bits per heavy atom. The molecule has 1 aliphatic rings. The monoisotopic (exact) mass is 188 g/mol. The van der Waals surface area contributed by atoms with E-state index in [0.29, 0.717) is 6.42 Å². The third kappa shape index (κ3) is 1.76. The van der Waals surface area contributed by atoms with Gasteiger partial charge in [0, 0.05) is 12.2 Å². The highest BCUT2D eigenvalue weighted by Gasteiger charge is 2.05. The van der Waals surface area contributed by atoms with Crippen LogP contribution in [-0.4, -0.2) is 12.5 Å². The molecule has 3 N–H and O–H groups in total. The average Bonchev–Trinajstić information content (AvgIpc) is 2.17. The third-order valence-corrected chi connectivity index (χ3v) is 2.20. The van der Waals surface area contributed by atoms with Crippen LogP contribution >= 0.6 is 0 Å². The molecule has 0 atom stereocenters. The second-order valence-electron chi connectivity index (χ2n) is 3.35. The van der Waals surface area contributed by atoms with Gasteiger partial charge in [-0.1, -0.05) is 24.3 Å². The van der Waals surface area contributed by atoms with Crippen LogP contribution in [0.1, 0.15) is 11.1 Å². The minimum atomic E-state index is -0.295. The Balaban J connectivity index is 2.30. The Morgan fingerprint density at radius 1 is 1.50 bits per heavy atom. The van der Waals surface area contributed by atoms with Crippen LogP contribution in [0.3, 0.4) is 0 Å². The fourth-order valence-electron chi connectivity index (χ4n) is 1.57. The number of carbonyl (C=O) groups excluding carboxylic acids is 1. The minimum Gasteiger partial charge on any atom is -0.381 e. The van der Waals surface area contributed by atoms with E-state index in [1.165, 1.54) is 0 Å². The molecule has 3 nitrogen and oxygen atoms in total. The standard InChI is InChI=1S/C11H12N2O/c12-11(14)7-8-3-4-9-2-1-5-13-10(9)6-8/h1-4,6,13H,5,7H2,(H2,12,14). The number of benzene rings is 1. The first-order valence-electron chi connectivity index (χ1n) is 4.57. The zero-order valence-electron chi connectivity index (χ0n) is 7.79. The van der Waals surface area contributed by atoms with E-state index >= 15 is 0 Å². The molecule has 0 bridgehead atoms. The summed E-state index contributed by atoms with van der Waals surface area (Å²) in [5.74, 6) is -0.295. The van der Waals surface area contributed by atoms with E-state index in [1.807, 2.05) is 18.2 Å². The van der Waals surface area contributed by atoms with Crippen LogP contribution in [-0.2, 0) is 11.2 Å². The van der Waals surface area contributed by atoms with E-state index in [2.05, 4.69) is 17.5 Å². The molecule has 1 aliphatic heterocycles. The van der Waals surface area contributed by atoms with Crippen molar-refractivity contribution in [2.24, 2.45) is 5.73 Å². The van der Waals surface area contributed by atoms with Crippen LogP contribution in [0.2, 0.25) is 0 Å². The smallest absolute Gasteiger partial charge is 0.221 e. The van der Waals surface area contributed by atoms with Gasteiger partial charge in [0.1, 0.15) is 0 Å². The molecule has 0 fully saturated rings. The van der Waals surface area contributed by atoms with E-state index in [9.17, 15) is 4.79 Å². The number of amides is 1. The number of fused-ring (bicyclic) bond motifs is 1. The molecule has 2 rings (SSSR count). The van der Waals surface area contributed by atoms with Crippen LogP contribution in [0.4, 0.5) is 5.69 Å². The summed E-state index contributed by atoms with van der Waals surface area (Å²) in [6.07, 6.45) is 4.44. The molecule has 3 heteroatoms. The molecule has 0 radical (unpaired) electrons. The Hall–Kier alpha value is -1.77. The Kier molecular flexibility index (Phi) is 2.23. The first kappa shape index (κ1) is 8.81. The van der Waals surface area contributed by atoms with Crippen molar-refractivity contribution >= 4 is 17.7 Å². The van der Waals surface area contributed by atoms with Crippen LogP contribution in [0.15, 0.2) is 24.3 Å². The zero-order valence-corrected chi connectivity index (χ0v) is 7.79. The molecular formula is C11H12N2O. The number of hydrogen-bond acceptors (Lipinski definition) is 2. The van der Waals surface area contributed by atoms with E-state index in [4.69, 9.17) is 5.73 Å². The van der Waals surface area contributed by atoms with Crippen molar-refractivity contribution in [1.29, 1.82) is 0 Å². The molecule has 0 aromatic heterocycles. The van der Waals surface area contributed by atoms with E-state index < -0.39 is 0 Å². The van der Waals surface area contributed by atoms with Crippen LogP contribution < -0.4 is 11.1 Å². The molecule has 1 aromatic rings. The maximum atomic E-state index is 10.7. The Bertz CT molecular complexity index is 396. The predicted molar refractivity (Wildman–Crippen MR) is 56.9 cm³/mol. The summed E-state index contributed by atoms with van der Waals surface area (Å²) < 4.78 is 0. The van der Waals surface area contributed by atoms with Crippen LogP contribution in [0.25, 0.3) is 6.08 Å². The molecule has 1 aromatic carbocycles. The maximum absolute atomic E-state index is 10.7. The van der Waals surface area contributed by atoms with Gasteiger partial charge in [-0.2, -0.15) is 0 Å². The van der Waals surface area contributed by atoms with Gasteiger partial charge in [0.15, 0.2) is 0 Å². The molecule has 0 saturated carbocycles. The molecular weight excluding hydrogens is 176 g/mol. The van der Waals surface area contributed by atoms with Crippen LogP contribution in [0.5, 0.6) is 0 Å². The van der Waals surface area contributed by atoms with Crippen LogP contribution in [0, 0.1) is 0 Å². The number of nitrogens with one attached hydrogen (secondary N) is 1. The number of rotatable bonds is 2. The number of primary amides is 1. The lowest BCUT2D eigenvalue weighted by molar-refractivity contribution is -0.117. The summed E-state index contributed by atoms with van der Waals surface area (Å²) in [7, 11) is 0. The Labute approximate surface area is 82.6 Å². The van der Waals surface area contributed by atoms with Gasteiger partial charge >= 0.3 is 0 Å². The Morgan fingerprint density at radius 2 is 2.36 bits per heavy atom. The molecule has 0 aliphatic carbocycles. The van der Waals surface area contributed by atoms with Gasteiger partial charge in [-0.25, -0.2) is 0 Å². The molecule has 0 saturated heterocycles. The summed E-state index contributed by atoms with van der Waals surface area (Å²) in [5, 5.41) is 3.24. The van der Waals surface area contributed by atoms with Gasteiger partial charge in [-0.05, 0) is 17.2 Å². The van der Waals surface area contributed by atoms with Crippen molar-refractivity contribution < 1.29 is 4.79 Å².